The third kappa shape index (κ3) is 5.75. The molecule has 0 spiro atoms. The Labute approximate surface area is 181 Å². The summed E-state index contributed by atoms with van der Waals surface area (Å²) in [6.45, 7) is 3.38. The van der Waals surface area contributed by atoms with Gasteiger partial charge in [0.05, 0.1) is 4.90 Å². The zero-order valence-corrected chi connectivity index (χ0v) is 18.7. The van der Waals surface area contributed by atoms with E-state index in [1.54, 1.807) is 23.9 Å². The molecular formula is C21H25ClN2O3S2. The van der Waals surface area contributed by atoms with Crippen molar-refractivity contribution in [1.29, 1.82) is 0 Å². The lowest BCUT2D eigenvalue weighted by molar-refractivity contribution is 0.0955. The van der Waals surface area contributed by atoms with Crippen LogP contribution in [0.25, 0.3) is 0 Å². The minimum atomic E-state index is -3.56. The Morgan fingerprint density at radius 3 is 2.48 bits per heavy atom. The molecule has 5 nitrogen and oxygen atoms in total. The average Bonchev–Trinajstić information content (AvgIpc) is 2.73. The molecule has 2 aromatic rings. The molecule has 0 aliphatic carbocycles. The number of hydrogen-bond donors (Lipinski definition) is 1. The molecule has 1 N–H and O–H groups in total. The standard InChI is InChI=1S/C21H25ClN2O3S2/c1-16-5-10-19(29(26,27)24-12-3-2-4-13-24)15-20(16)21(25)23-11-14-28-18-8-6-17(22)7-9-18/h5-10,15H,2-4,11-14H2,1H3,(H,23,25). The van der Waals surface area contributed by atoms with Gasteiger partial charge in [-0.05, 0) is 61.7 Å². The highest BCUT2D eigenvalue weighted by molar-refractivity contribution is 7.99. The average molecular weight is 453 g/mol. The second kappa shape index (κ2) is 9.98. The monoisotopic (exact) mass is 452 g/mol. The number of nitrogens with zero attached hydrogens (tertiary/aromatic N) is 1. The van der Waals surface area contributed by atoms with E-state index in [4.69, 9.17) is 11.6 Å². The summed E-state index contributed by atoms with van der Waals surface area (Å²) >= 11 is 7.50. The Hall–Kier alpha value is -1.54. The van der Waals surface area contributed by atoms with Gasteiger partial charge < -0.3 is 5.32 Å². The number of amides is 1. The molecule has 0 unspecified atom stereocenters. The van der Waals surface area contributed by atoms with Gasteiger partial charge in [-0.2, -0.15) is 4.31 Å². The SMILES string of the molecule is Cc1ccc(S(=O)(=O)N2CCCCC2)cc1C(=O)NCCSc1ccc(Cl)cc1. The van der Waals surface area contributed by atoms with E-state index in [1.807, 2.05) is 31.2 Å². The predicted molar refractivity (Wildman–Crippen MR) is 118 cm³/mol. The lowest BCUT2D eigenvalue weighted by Crippen LogP contribution is -2.35. The first-order chi connectivity index (χ1) is 13.9. The second-order valence-corrected chi connectivity index (χ2v) is 10.5. The normalized spacial score (nSPS) is 15.2. The third-order valence-corrected chi connectivity index (χ3v) is 8.04. The first-order valence-corrected chi connectivity index (χ1v) is 12.5. The number of aryl methyl sites for hydroxylation is 1. The summed E-state index contributed by atoms with van der Waals surface area (Å²) in [7, 11) is -3.56. The highest BCUT2D eigenvalue weighted by Crippen LogP contribution is 2.23. The first kappa shape index (κ1) is 22.2. The summed E-state index contributed by atoms with van der Waals surface area (Å²) in [4.78, 5) is 13.9. The number of carbonyl (C=O) groups excluding carboxylic acids is 1. The third-order valence-electron chi connectivity index (χ3n) is 4.88. The fourth-order valence-electron chi connectivity index (χ4n) is 3.22. The molecule has 1 aliphatic rings. The maximum atomic E-state index is 12.9. The molecule has 1 saturated heterocycles. The van der Waals surface area contributed by atoms with Crippen LogP contribution in [0.3, 0.4) is 0 Å². The number of sulfonamides is 1. The number of piperidine rings is 1. The smallest absolute Gasteiger partial charge is 0.251 e. The Morgan fingerprint density at radius 1 is 1.10 bits per heavy atom. The van der Waals surface area contributed by atoms with Crippen LogP contribution < -0.4 is 5.32 Å². The fourth-order valence-corrected chi connectivity index (χ4v) is 5.66. The van der Waals surface area contributed by atoms with E-state index in [0.29, 0.717) is 36.0 Å². The summed E-state index contributed by atoms with van der Waals surface area (Å²) in [5.74, 6) is 0.452. The van der Waals surface area contributed by atoms with Crippen molar-refractivity contribution >= 4 is 39.3 Å². The molecule has 2 aromatic carbocycles. The molecule has 0 atom stereocenters. The molecule has 8 heteroatoms. The van der Waals surface area contributed by atoms with Gasteiger partial charge in [-0.1, -0.05) is 24.1 Å². The molecule has 0 aromatic heterocycles. The Kier molecular flexibility index (Phi) is 7.62. The quantitative estimate of drug-likeness (QED) is 0.501. The number of thioether (sulfide) groups is 1. The van der Waals surface area contributed by atoms with Crippen LogP contribution in [0.15, 0.2) is 52.3 Å². The minimum absolute atomic E-state index is 0.186. The van der Waals surface area contributed by atoms with E-state index < -0.39 is 10.0 Å². The van der Waals surface area contributed by atoms with Gasteiger partial charge in [-0.15, -0.1) is 11.8 Å². The molecule has 1 fully saturated rings. The summed E-state index contributed by atoms with van der Waals surface area (Å²) in [5.41, 5.74) is 1.16. The van der Waals surface area contributed by atoms with Crippen LogP contribution in [-0.2, 0) is 10.0 Å². The molecule has 29 heavy (non-hydrogen) atoms. The van der Waals surface area contributed by atoms with Crippen molar-refractivity contribution in [2.75, 3.05) is 25.4 Å². The van der Waals surface area contributed by atoms with Gasteiger partial charge in [0.2, 0.25) is 10.0 Å². The van der Waals surface area contributed by atoms with Crippen molar-refractivity contribution in [1.82, 2.24) is 9.62 Å². The number of nitrogens with one attached hydrogen (secondary N) is 1. The van der Waals surface area contributed by atoms with Crippen LogP contribution in [0.5, 0.6) is 0 Å². The van der Waals surface area contributed by atoms with Gasteiger partial charge >= 0.3 is 0 Å². The van der Waals surface area contributed by atoms with Gasteiger partial charge in [0.25, 0.3) is 5.91 Å². The van der Waals surface area contributed by atoms with Crippen LogP contribution in [0, 0.1) is 6.92 Å². The largest absolute Gasteiger partial charge is 0.351 e. The van der Waals surface area contributed by atoms with Gasteiger partial charge in [0.1, 0.15) is 0 Å². The molecule has 1 amide bonds. The van der Waals surface area contributed by atoms with Gasteiger partial charge in [-0.25, -0.2) is 8.42 Å². The summed E-state index contributed by atoms with van der Waals surface area (Å²) in [6.07, 6.45) is 2.81. The van der Waals surface area contributed by atoms with Gasteiger partial charge in [0, 0.05) is 40.9 Å². The van der Waals surface area contributed by atoms with Gasteiger partial charge in [0.15, 0.2) is 0 Å². The number of halogens is 1. The predicted octanol–water partition coefficient (Wildman–Crippen LogP) is 4.35. The van der Waals surface area contributed by atoms with Crippen molar-refractivity contribution in [3.8, 4) is 0 Å². The van der Waals surface area contributed by atoms with Crippen LogP contribution in [0.2, 0.25) is 5.02 Å². The molecule has 0 radical (unpaired) electrons. The van der Waals surface area contributed by atoms with Crippen LogP contribution in [0.1, 0.15) is 35.2 Å². The Morgan fingerprint density at radius 2 is 1.79 bits per heavy atom. The number of benzene rings is 2. The van der Waals surface area contributed by atoms with Crippen molar-refractivity contribution in [2.24, 2.45) is 0 Å². The lowest BCUT2D eigenvalue weighted by atomic mass is 10.1. The summed E-state index contributed by atoms with van der Waals surface area (Å²) in [6, 6.07) is 12.3. The molecule has 1 heterocycles. The van der Waals surface area contributed by atoms with Crippen molar-refractivity contribution in [2.45, 2.75) is 36.0 Å². The van der Waals surface area contributed by atoms with Crippen LogP contribution >= 0.6 is 23.4 Å². The van der Waals surface area contributed by atoms with Crippen molar-refractivity contribution in [3.05, 3.63) is 58.6 Å². The molecule has 0 bridgehead atoms. The van der Waals surface area contributed by atoms with E-state index >= 15 is 0 Å². The maximum absolute atomic E-state index is 12.9. The summed E-state index contributed by atoms with van der Waals surface area (Å²) in [5, 5.41) is 3.58. The highest BCUT2D eigenvalue weighted by Gasteiger charge is 2.27. The number of hydrogen-bond acceptors (Lipinski definition) is 4. The number of rotatable bonds is 7. The van der Waals surface area contributed by atoms with E-state index in [9.17, 15) is 13.2 Å². The van der Waals surface area contributed by atoms with E-state index in [0.717, 1.165) is 29.7 Å². The van der Waals surface area contributed by atoms with Crippen molar-refractivity contribution in [3.63, 3.8) is 0 Å². The second-order valence-electron chi connectivity index (χ2n) is 7.00. The van der Waals surface area contributed by atoms with E-state index in [-0.39, 0.29) is 10.8 Å². The van der Waals surface area contributed by atoms with Crippen LogP contribution in [-0.4, -0.2) is 44.0 Å². The molecule has 3 rings (SSSR count). The Balaban J connectivity index is 1.62. The highest BCUT2D eigenvalue weighted by atomic mass is 35.5. The van der Waals surface area contributed by atoms with Gasteiger partial charge in [-0.3, -0.25) is 4.79 Å². The zero-order chi connectivity index (χ0) is 20.9. The fraction of sp³-hybridized carbons (Fsp3) is 0.381. The lowest BCUT2D eigenvalue weighted by Gasteiger charge is -2.26. The number of carbonyl (C=O) groups is 1. The first-order valence-electron chi connectivity index (χ1n) is 9.65. The zero-order valence-electron chi connectivity index (χ0n) is 16.4. The Bertz CT molecular complexity index is 956. The molecular weight excluding hydrogens is 428 g/mol. The molecule has 156 valence electrons. The van der Waals surface area contributed by atoms with E-state index in [1.165, 1.54) is 10.4 Å². The van der Waals surface area contributed by atoms with Crippen molar-refractivity contribution < 1.29 is 13.2 Å². The van der Waals surface area contributed by atoms with Crippen LogP contribution in [0.4, 0.5) is 0 Å². The topological polar surface area (TPSA) is 66.5 Å². The molecule has 1 aliphatic heterocycles. The molecule has 0 saturated carbocycles. The summed E-state index contributed by atoms with van der Waals surface area (Å²) < 4.78 is 27.3. The van der Waals surface area contributed by atoms with E-state index in [2.05, 4.69) is 5.32 Å². The maximum Gasteiger partial charge on any atom is 0.251 e. The minimum Gasteiger partial charge on any atom is -0.351 e.